The first-order chi connectivity index (χ1) is 13.6. The number of piperidine rings is 1. The van der Waals surface area contributed by atoms with Gasteiger partial charge < -0.3 is 14.9 Å². The standard InChI is InChI=1S/C23H26ClNO3.ClH.H2O/c1-18(26)22(16-19-8-4-2-5-9-19)28-23-17-20(24)10-11-21(23)27-15-14-25-12-6-3-7-13-25;;/h2,4-5,8-11,16-17H,3,6-7,12-15H2,1H3;1H;1H2/b22-16-;;. The first-order valence-electron chi connectivity index (χ1n) is 9.72. The molecule has 0 aromatic heterocycles. The van der Waals surface area contributed by atoms with Crippen LogP contribution in [0.5, 0.6) is 11.5 Å². The fourth-order valence-corrected chi connectivity index (χ4v) is 3.33. The van der Waals surface area contributed by atoms with Crippen LogP contribution in [0.1, 0.15) is 31.7 Å². The number of ether oxygens (including phenoxy) is 2. The van der Waals surface area contributed by atoms with Crippen LogP contribution < -0.4 is 9.47 Å². The number of hydrogen-bond acceptors (Lipinski definition) is 4. The summed E-state index contributed by atoms with van der Waals surface area (Å²) in [4.78, 5) is 14.5. The number of nitrogens with zero attached hydrogens (tertiary/aromatic N) is 1. The quantitative estimate of drug-likeness (QED) is 0.424. The third kappa shape index (κ3) is 8.00. The van der Waals surface area contributed by atoms with Crippen molar-refractivity contribution < 1.29 is 19.7 Å². The van der Waals surface area contributed by atoms with Gasteiger partial charge in [-0.15, -0.1) is 12.4 Å². The van der Waals surface area contributed by atoms with Gasteiger partial charge in [-0.25, -0.2) is 0 Å². The number of carbonyl (C=O) groups is 1. The lowest BCUT2D eigenvalue weighted by molar-refractivity contribution is -0.115. The van der Waals surface area contributed by atoms with E-state index in [4.69, 9.17) is 21.1 Å². The van der Waals surface area contributed by atoms with E-state index in [2.05, 4.69) is 4.90 Å². The Kier molecular flexibility index (Phi) is 11.5. The van der Waals surface area contributed by atoms with E-state index in [0.717, 1.165) is 25.2 Å². The fraction of sp³-hybridized carbons (Fsp3) is 0.348. The molecule has 3 rings (SSSR count). The fourth-order valence-electron chi connectivity index (χ4n) is 3.17. The predicted molar refractivity (Wildman–Crippen MR) is 124 cm³/mol. The van der Waals surface area contributed by atoms with Crippen molar-refractivity contribution in [1.82, 2.24) is 4.90 Å². The number of likely N-dealkylation sites (tertiary alicyclic amines) is 1. The van der Waals surface area contributed by atoms with E-state index in [0.29, 0.717) is 23.1 Å². The molecule has 0 spiro atoms. The van der Waals surface area contributed by atoms with E-state index in [1.807, 2.05) is 30.3 Å². The molecule has 164 valence electrons. The molecule has 0 radical (unpaired) electrons. The van der Waals surface area contributed by atoms with Gasteiger partial charge in [-0.3, -0.25) is 9.69 Å². The summed E-state index contributed by atoms with van der Waals surface area (Å²) >= 11 is 6.15. The van der Waals surface area contributed by atoms with E-state index in [-0.39, 0.29) is 29.4 Å². The third-order valence-corrected chi connectivity index (χ3v) is 4.92. The predicted octanol–water partition coefficient (Wildman–Crippen LogP) is 4.81. The molecule has 7 heteroatoms. The molecule has 1 fully saturated rings. The Morgan fingerprint density at radius 1 is 1.07 bits per heavy atom. The Hall–Kier alpha value is -2.05. The Morgan fingerprint density at radius 2 is 1.77 bits per heavy atom. The van der Waals surface area contributed by atoms with Crippen molar-refractivity contribution in [2.75, 3.05) is 26.2 Å². The monoisotopic (exact) mass is 453 g/mol. The summed E-state index contributed by atoms with van der Waals surface area (Å²) in [5.74, 6) is 1.11. The maximum atomic E-state index is 12.1. The van der Waals surface area contributed by atoms with Gasteiger partial charge in [0, 0.05) is 24.6 Å². The lowest BCUT2D eigenvalue weighted by Gasteiger charge is -2.26. The van der Waals surface area contributed by atoms with Crippen molar-refractivity contribution in [3.8, 4) is 11.5 Å². The molecular weight excluding hydrogens is 425 g/mol. The third-order valence-electron chi connectivity index (χ3n) is 4.68. The highest BCUT2D eigenvalue weighted by Gasteiger charge is 2.14. The number of halogens is 2. The molecule has 5 nitrogen and oxygen atoms in total. The van der Waals surface area contributed by atoms with Gasteiger partial charge in [0.1, 0.15) is 6.61 Å². The number of benzene rings is 2. The summed E-state index contributed by atoms with van der Waals surface area (Å²) in [6, 6.07) is 14.8. The molecule has 2 aromatic rings. The molecule has 0 saturated carbocycles. The van der Waals surface area contributed by atoms with Crippen LogP contribution in [0.15, 0.2) is 54.3 Å². The zero-order valence-corrected chi connectivity index (χ0v) is 18.7. The van der Waals surface area contributed by atoms with Crippen molar-refractivity contribution in [1.29, 1.82) is 0 Å². The Balaban J connectivity index is 0.00000225. The van der Waals surface area contributed by atoms with E-state index >= 15 is 0 Å². The van der Waals surface area contributed by atoms with Gasteiger partial charge in [0.2, 0.25) is 0 Å². The van der Waals surface area contributed by atoms with Gasteiger partial charge >= 0.3 is 0 Å². The molecule has 2 N–H and O–H groups in total. The SMILES string of the molecule is CC(=O)/C(=C/c1ccccc1)Oc1cc(Cl)ccc1OCCN1CCCCC1.Cl.O. The van der Waals surface area contributed by atoms with Crippen LogP contribution in [0.2, 0.25) is 5.02 Å². The normalized spacial score (nSPS) is 14.3. The smallest absolute Gasteiger partial charge is 0.194 e. The van der Waals surface area contributed by atoms with Crippen molar-refractivity contribution in [2.45, 2.75) is 26.2 Å². The zero-order chi connectivity index (χ0) is 19.8. The number of Topliss-reactive ketones (excluding diaryl/α,β-unsaturated/α-hetero) is 1. The van der Waals surface area contributed by atoms with E-state index in [1.165, 1.54) is 26.2 Å². The van der Waals surface area contributed by atoms with Gasteiger partial charge in [0.25, 0.3) is 0 Å². The average molecular weight is 454 g/mol. The second-order valence-corrected chi connectivity index (χ2v) is 7.36. The van der Waals surface area contributed by atoms with Gasteiger partial charge in [-0.1, -0.05) is 48.4 Å². The summed E-state index contributed by atoms with van der Waals surface area (Å²) < 4.78 is 11.9. The van der Waals surface area contributed by atoms with Crippen LogP contribution in [-0.2, 0) is 4.79 Å². The van der Waals surface area contributed by atoms with Crippen LogP contribution in [0.3, 0.4) is 0 Å². The number of allylic oxidation sites excluding steroid dienone is 1. The molecule has 30 heavy (non-hydrogen) atoms. The summed E-state index contributed by atoms with van der Waals surface area (Å²) in [5.41, 5.74) is 0.891. The van der Waals surface area contributed by atoms with Crippen LogP contribution in [0.25, 0.3) is 6.08 Å². The topological polar surface area (TPSA) is 70.3 Å². The average Bonchev–Trinajstić information content (AvgIpc) is 2.70. The van der Waals surface area contributed by atoms with Gasteiger partial charge in [0.15, 0.2) is 23.0 Å². The highest BCUT2D eigenvalue weighted by atomic mass is 35.5. The molecule has 0 atom stereocenters. The molecule has 0 aliphatic carbocycles. The summed E-state index contributed by atoms with van der Waals surface area (Å²) in [7, 11) is 0. The maximum Gasteiger partial charge on any atom is 0.194 e. The largest absolute Gasteiger partial charge is 0.488 e. The first kappa shape index (κ1) is 26.0. The van der Waals surface area contributed by atoms with Crippen LogP contribution in [-0.4, -0.2) is 42.4 Å². The number of ketones is 1. The second kappa shape index (κ2) is 13.3. The number of carbonyl (C=O) groups excluding carboxylic acids is 1. The van der Waals surface area contributed by atoms with E-state index in [1.54, 1.807) is 24.3 Å². The van der Waals surface area contributed by atoms with Crippen LogP contribution in [0, 0.1) is 0 Å². The highest BCUT2D eigenvalue weighted by Crippen LogP contribution is 2.32. The van der Waals surface area contributed by atoms with E-state index < -0.39 is 0 Å². The minimum Gasteiger partial charge on any atom is -0.488 e. The lowest BCUT2D eigenvalue weighted by Crippen LogP contribution is -2.33. The summed E-state index contributed by atoms with van der Waals surface area (Å²) in [5, 5.41) is 0.529. The molecule has 1 aliphatic rings. The summed E-state index contributed by atoms with van der Waals surface area (Å²) in [6.45, 7) is 5.18. The van der Waals surface area contributed by atoms with Gasteiger partial charge in [-0.05, 0) is 49.7 Å². The van der Waals surface area contributed by atoms with Crippen molar-refractivity contribution in [2.24, 2.45) is 0 Å². The summed E-state index contributed by atoms with van der Waals surface area (Å²) in [6.07, 6.45) is 5.54. The Bertz CT molecular complexity index is 821. The zero-order valence-electron chi connectivity index (χ0n) is 17.1. The highest BCUT2D eigenvalue weighted by molar-refractivity contribution is 6.30. The van der Waals surface area contributed by atoms with Crippen LogP contribution >= 0.6 is 24.0 Å². The van der Waals surface area contributed by atoms with Crippen molar-refractivity contribution >= 4 is 35.9 Å². The minimum absolute atomic E-state index is 0. The lowest BCUT2D eigenvalue weighted by atomic mass is 10.1. The first-order valence-corrected chi connectivity index (χ1v) is 10.1. The number of rotatable bonds is 8. The van der Waals surface area contributed by atoms with Gasteiger partial charge in [0.05, 0.1) is 0 Å². The molecule has 0 bridgehead atoms. The Labute approximate surface area is 189 Å². The molecule has 2 aromatic carbocycles. The van der Waals surface area contributed by atoms with Crippen LogP contribution in [0.4, 0.5) is 0 Å². The van der Waals surface area contributed by atoms with Crippen molar-refractivity contribution in [3.63, 3.8) is 0 Å². The molecule has 0 amide bonds. The molecule has 1 aliphatic heterocycles. The van der Waals surface area contributed by atoms with E-state index in [9.17, 15) is 4.79 Å². The Morgan fingerprint density at radius 3 is 2.43 bits per heavy atom. The molecular formula is C23H29Cl2NO4. The number of hydrogen-bond donors (Lipinski definition) is 0. The molecule has 1 saturated heterocycles. The maximum absolute atomic E-state index is 12.1. The van der Waals surface area contributed by atoms with Gasteiger partial charge in [-0.2, -0.15) is 0 Å². The molecule has 0 unspecified atom stereocenters. The minimum atomic E-state index is -0.164. The second-order valence-electron chi connectivity index (χ2n) is 6.92. The molecule has 1 heterocycles. The van der Waals surface area contributed by atoms with Crippen molar-refractivity contribution in [3.05, 3.63) is 64.9 Å².